The first-order chi connectivity index (χ1) is 8.70. The minimum Gasteiger partial charge on any atom is -0.434 e. The second kappa shape index (κ2) is 5.22. The quantitative estimate of drug-likeness (QED) is 0.839. The van der Waals surface area contributed by atoms with Crippen molar-refractivity contribution in [3.8, 4) is 11.6 Å². The van der Waals surface area contributed by atoms with E-state index in [0.29, 0.717) is 5.69 Å². The highest BCUT2D eigenvalue weighted by molar-refractivity contribution is 5.62. The van der Waals surface area contributed by atoms with Crippen LogP contribution in [0.25, 0.3) is 5.69 Å². The maximum Gasteiger partial charge on any atom is 0.515 e. The molecule has 0 radical (unpaired) electrons. The monoisotopic (exact) mass is 248 g/mol. The summed E-state index contributed by atoms with van der Waals surface area (Å²) in [5, 5.41) is 2.67. The third-order valence-corrected chi connectivity index (χ3v) is 2.17. The van der Waals surface area contributed by atoms with Gasteiger partial charge in [-0.05, 0) is 19.1 Å². The summed E-state index contributed by atoms with van der Waals surface area (Å²) in [6.07, 6.45) is -0.848. The lowest BCUT2D eigenvalue weighted by Crippen LogP contribution is -2.13. The number of para-hydroxylation sites is 1. The molecule has 0 fully saturated rings. The van der Waals surface area contributed by atoms with Gasteiger partial charge in [0.05, 0.1) is 18.4 Å². The third kappa shape index (κ3) is 2.60. The van der Waals surface area contributed by atoms with E-state index >= 15 is 0 Å². The minimum atomic E-state index is -0.848. The molecule has 0 atom stereocenters. The Labute approximate surface area is 103 Å². The maximum absolute atomic E-state index is 11.7. The van der Waals surface area contributed by atoms with E-state index in [-0.39, 0.29) is 18.0 Å². The van der Waals surface area contributed by atoms with Gasteiger partial charge in [-0.3, -0.25) is 9.89 Å². The highest BCUT2D eigenvalue weighted by Crippen LogP contribution is 2.08. The van der Waals surface area contributed by atoms with Crippen molar-refractivity contribution in [2.75, 3.05) is 6.61 Å². The first-order valence-corrected chi connectivity index (χ1v) is 5.43. The van der Waals surface area contributed by atoms with Gasteiger partial charge in [-0.1, -0.05) is 18.2 Å². The second-order valence-corrected chi connectivity index (χ2v) is 3.41. The number of rotatable bonds is 3. The average molecular weight is 248 g/mol. The molecule has 0 aliphatic carbocycles. The molecule has 1 aromatic heterocycles. The van der Waals surface area contributed by atoms with Gasteiger partial charge in [-0.2, -0.15) is 0 Å². The zero-order valence-corrected chi connectivity index (χ0v) is 9.75. The Morgan fingerprint density at radius 3 is 2.72 bits per heavy atom. The number of nitrogens with zero attached hydrogens (tertiary/aromatic N) is 1. The van der Waals surface area contributed by atoms with Crippen LogP contribution in [0.15, 0.2) is 41.2 Å². The lowest BCUT2D eigenvalue weighted by Gasteiger charge is -2.02. The topological polar surface area (TPSA) is 73.3 Å². The number of ether oxygens (including phenoxy) is 2. The third-order valence-electron chi connectivity index (χ3n) is 2.17. The summed E-state index contributed by atoms with van der Waals surface area (Å²) in [4.78, 5) is 22.8. The van der Waals surface area contributed by atoms with E-state index in [1.807, 2.05) is 6.07 Å². The van der Waals surface area contributed by atoms with Crippen LogP contribution in [0, 0.1) is 0 Å². The molecule has 1 heterocycles. The first kappa shape index (κ1) is 12.0. The van der Waals surface area contributed by atoms with Gasteiger partial charge in [0, 0.05) is 0 Å². The van der Waals surface area contributed by atoms with Gasteiger partial charge in [-0.15, -0.1) is 0 Å². The van der Waals surface area contributed by atoms with Crippen molar-refractivity contribution in [2.45, 2.75) is 6.92 Å². The fourth-order valence-electron chi connectivity index (χ4n) is 1.43. The molecule has 2 rings (SSSR count). The van der Waals surface area contributed by atoms with E-state index in [0.717, 1.165) is 0 Å². The van der Waals surface area contributed by atoms with Crippen LogP contribution in [-0.4, -0.2) is 22.5 Å². The molecular formula is C12H12N2O4. The van der Waals surface area contributed by atoms with Crippen molar-refractivity contribution in [3.05, 3.63) is 46.8 Å². The smallest absolute Gasteiger partial charge is 0.434 e. The Morgan fingerprint density at radius 2 is 2.06 bits per heavy atom. The lowest BCUT2D eigenvalue weighted by molar-refractivity contribution is 0.102. The van der Waals surface area contributed by atoms with Gasteiger partial charge < -0.3 is 9.47 Å². The van der Waals surface area contributed by atoms with E-state index < -0.39 is 6.16 Å². The fraction of sp³-hybridized carbons (Fsp3) is 0.167. The highest BCUT2D eigenvalue weighted by Gasteiger charge is 2.10. The van der Waals surface area contributed by atoms with Crippen LogP contribution in [0.1, 0.15) is 6.92 Å². The van der Waals surface area contributed by atoms with Crippen LogP contribution in [0.4, 0.5) is 4.79 Å². The van der Waals surface area contributed by atoms with Crippen molar-refractivity contribution in [3.63, 3.8) is 0 Å². The zero-order chi connectivity index (χ0) is 13.0. The van der Waals surface area contributed by atoms with Crippen LogP contribution in [0.5, 0.6) is 5.88 Å². The molecule has 2 aromatic rings. The lowest BCUT2D eigenvalue weighted by atomic mass is 10.3. The Morgan fingerprint density at radius 1 is 1.33 bits per heavy atom. The summed E-state index contributed by atoms with van der Waals surface area (Å²) < 4.78 is 10.7. The number of benzene rings is 1. The van der Waals surface area contributed by atoms with Gasteiger partial charge in [0.25, 0.3) is 5.56 Å². The van der Waals surface area contributed by atoms with Crippen molar-refractivity contribution in [1.82, 2.24) is 9.78 Å². The van der Waals surface area contributed by atoms with Crippen LogP contribution >= 0.6 is 0 Å². The van der Waals surface area contributed by atoms with E-state index in [9.17, 15) is 9.59 Å². The Kier molecular flexibility index (Phi) is 3.47. The molecular weight excluding hydrogens is 236 g/mol. The molecule has 0 bridgehead atoms. The molecule has 1 aromatic carbocycles. The molecule has 0 spiro atoms. The Hall–Kier alpha value is -2.50. The number of hydrogen-bond acceptors (Lipinski definition) is 4. The summed E-state index contributed by atoms with van der Waals surface area (Å²) in [7, 11) is 0. The normalized spacial score (nSPS) is 10.1. The first-order valence-electron chi connectivity index (χ1n) is 5.43. The van der Waals surface area contributed by atoms with E-state index in [1.54, 1.807) is 31.2 Å². The molecule has 0 saturated carbocycles. The molecule has 0 saturated heterocycles. The minimum absolute atomic E-state index is 0.0438. The van der Waals surface area contributed by atoms with Crippen molar-refractivity contribution in [2.24, 2.45) is 0 Å². The van der Waals surface area contributed by atoms with Crippen LogP contribution in [0.3, 0.4) is 0 Å². The van der Waals surface area contributed by atoms with Crippen molar-refractivity contribution in [1.29, 1.82) is 0 Å². The molecule has 0 aliphatic rings. The fourth-order valence-corrected chi connectivity index (χ4v) is 1.43. The zero-order valence-electron chi connectivity index (χ0n) is 9.75. The molecule has 1 N–H and O–H groups in total. The summed E-state index contributed by atoms with van der Waals surface area (Å²) in [6.45, 7) is 1.88. The van der Waals surface area contributed by atoms with E-state index in [1.165, 1.54) is 10.7 Å². The predicted molar refractivity (Wildman–Crippen MR) is 64.0 cm³/mol. The molecule has 0 aliphatic heterocycles. The van der Waals surface area contributed by atoms with Gasteiger partial charge >= 0.3 is 6.16 Å². The predicted octanol–water partition coefficient (Wildman–Crippen LogP) is 1.70. The van der Waals surface area contributed by atoms with Gasteiger partial charge in [0.15, 0.2) is 0 Å². The van der Waals surface area contributed by atoms with E-state index in [4.69, 9.17) is 4.74 Å². The standard InChI is InChI=1S/C12H12N2O4/c1-2-17-12(16)18-10-8-11(15)14(13-10)9-6-4-3-5-7-9/h3-8,13H,2H2,1H3. The highest BCUT2D eigenvalue weighted by atomic mass is 16.7. The second-order valence-electron chi connectivity index (χ2n) is 3.41. The van der Waals surface area contributed by atoms with E-state index in [2.05, 4.69) is 9.84 Å². The molecule has 0 unspecified atom stereocenters. The van der Waals surface area contributed by atoms with Crippen LogP contribution in [-0.2, 0) is 4.74 Å². The van der Waals surface area contributed by atoms with Gasteiger partial charge in [0.1, 0.15) is 0 Å². The summed E-state index contributed by atoms with van der Waals surface area (Å²) >= 11 is 0. The number of aromatic nitrogens is 2. The average Bonchev–Trinajstić information content (AvgIpc) is 2.71. The van der Waals surface area contributed by atoms with Crippen LogP contribution < -0.4 is 10.3 Å². The largest absolute Gasteiger partial charge is 0.515 e. The van der Waals surface area contributed by atoms with Crippen molar-refractivity contribution < 1.29 is 14.3 Å². The number of aromatic amines is 1. The molecule has 6 nitrogen and oxygen atoms in total. The Balaban J connectivity index is 2.23. The molecule has 94 valence electrons. The molecule has 0 amide bonds. The number of hydrogen-bond donors (Lipinski definition) is 1. The van der Waals surface area contributed by atoms with Gasteiger partial charge in [0.2, 0.25) is 5.88 Å². The number of H-pyrrole nitrogens is 1. The summed E-state index contributed by atoms with van der Waals surface area (Å²) in [5.74, 6) is 0.0438. The molecule has 6 heteroatoms. The number of carbonyl (C=O) groups excluding carboxylic acids is 1. The molecule has 18 heavy (non-hydrogen) atoms. The SMILES string of the molecule is CCOC(=O)Oc1cc(=O)n(-c2ccccc2)[nH]1. The van der Waals surface area contributed by atoms with Crippen LogP contribution in [0.2, 0.25) is 0 Å². The summed E-state index contributed by atoms with van der Waals surface area (Å²) in [6, 6.07) is 10.1. The maximum atomic E-state index is 11.7. The Bertz CT molecular complexity index is 586. The number of nitrogens with one attached hydrogen (secondary N) is 1. The van der Waals surface area contributed by atoms with Crippen molar-refractivity contribution >= 4 is 6.16 Å². The summed E-state index contributed by atoms with van der Waals surface area (Å²) in [5.41, 5.74) is 0.335. The number of carbonyl (C=O) groups is 1. The van der Waals surface area contributed by atoms with Gasteiger partial charge in [-0.25, -0.2) is 9.48 Å².